The monoisotopic (exact) mass is 685 g/mol. The molecule has 0 spiro atoms. The maximum absolute atomic E-state index is 14.5. The van der Waals surface area contributed by atoms with Crippen molar-refractivity contribution in [1.82, 2.24) is 10.2 Å². The number of benzene rings is 4. The van der Waals surface area contributed by atoms with Crippen LogP contribution in [-0.4, -0.2) is 44.3 Å². The van der Waals surface area contributed by atoms with Crippen LogP contribution in [0.25, 0.3) is 0 Å². The van der Waals surface area contributed by atoms with Gasteiger partial charge < -0.3 is 10.2 Å². The largest absolute Gasteiger partial charge is 0.354 e. The summed E-state index contributed by atoms with van der Waals surface area (Å²) in [5, 5.41) is 4.11. The van der Waals surface area contributed by atoms with E-state index >= 15 is 0 Å². The van der Waals surface area contributed by atoms with Crippen molar-refractivity contribution in [2.24, 2.45) is 0 Å². The van der Waals surface area contributed by atoms with Gasteiger partial charge in [-0.15, -0.1) is 0 Å². The second kappa shape index (κ2) is 16.1. The topological polar surface area (TPSA) is 86.8 Å². The first-order valence-corrected chi connectivity index (χ1v) is 17.1. The van der Waals surface area contributed by atoms with Gasteiger partial charge in [-0.1, -0.05) is 103 Å². The number of hydrogen-bond donors (Lipinski definition) is 1. The van der Waals surface area contributed by atoms with Crippen LogP contribution in [0.1, 0.15) is 30.9 Å². The van der Waals surface area contributed by atoms with Gasteiger partial charge in [0.15, 0.2) is 0 Å². The van der Waals surface area contributed by atoms with Crippen LogP contribution in [0.5, 0.6) is 0 Å². The lowest BCUT2D eigenvalue weighted by Crippen LogP contribution is -2.53. The van der Waals surface area contributed by atoms with E-state index in [1.165, 1.54) is 29.2 Å². The summed E-state index contributed by atoms with van der Waals surface area (Å²) in [5.41, 5.74) is 1.63. The summed E-state index contributed by atoms with van der Waals surface area (Å²) in [5.74, 6) is -0.947. The number of carbonyl (C=O) groups is 2. The third kappa shape index (κ3) is 9.23. The Kier molecular flexibility index (Phi) is 12.3. The SMILES string of the molecule is CCCCNC(=O)[C@@H](Cc1ccccc1)N(Cc1ccc(Cl)cc1Cl)C(=O)CN(c1ccc(Cl)cc1)S(=O)(=O)c1ccccc1. The predicted molar refractivity (Wildman–Crippen MR) is 181 cm³/mol. The van der Waals surface area contributed by atoms with Crippen LogP contribution in [0.15, 0.2) is 108 Å². The third-order valence-electron chi connectivity index (χ3n) is 7.18. The molecule has 0 saturated carbocycles. The van der Waals surface area contributed by atoms with Crippen LogP contribution in [0, 0.1) is 0 Å². The molecule has 0 fully saturated rings. The summed E-state index contributed by atoms with van der Waals surface area (Å²) in [6.45, 7) is 1.80. The zero-order valence-corrected chi connectivity index (χ0v) is 27.8. The van der Waals surface area contributed by atoms with Gasteiger partial charge in [0.2, 0.25) is 11.8 Å². The molecule has 45 heavy (non-hydrogen) atoms. The number of halogens is 3. The van der Waals surface area contributed by atoms with Crippen LogP contribution >= 0.6 is 34.8 Å². The highest BCUT2D eigenvalue weighted by molar-refractivity contribution is 7.92. The number of hydrogen-bond acceptors (Lipinski definition) is 4. The first kappa shape index (κ1) is 34.3. The molecule has 4 rings (SSSR count). The molecule has 0 saturated heterocycles. The Bertz CT molecular complexity index is 1690. The van der Waals surface area contributed by atoms with Crippen molar-refractivity contribution in [1.29, 1.82) is 0 Å². The summed E-state index contributed by atoms with van der Waals surface area (Å²) in [6, 6.07) is 27.3. The number of carbonyl (C=O) groups excluding carboxylic acids is 2. The predicted octanol–water partition coefficient (Wildman–Crippen LogP) is 7.40. The van der Waals surface area contributed by atoms with Crippen LogP contribution in [0.4, 0.5) is 5.69 Å². The van der Waals surface area contributed by atoms with E-state index in [4.69, 9.17) is 34.8 Å². The van der Waals surface area contributed by atoms with Crippen molar-refractivity contribution < 1.29 is 18.0 Å². The quantitative estimate of drug-likeness (QED) is 0.140. The molecule has 7 nitrogen and oxygen atoms in total. The molecule has 0 aliphatic carbocycles. The maximum Gasteiger partial charge on any atom is 0.264 e. The van der Waals surface area contributed by atoms with Crippen molar-refractivity contribution in [3.8, 4) is 0 Å². The van der Waals surface area contributed by atoms with E-state index in [0.29, 0.717) is 27.2 Å². The van der Waals surface area contributed by atoms with Crippen LogP contribution in [0.3, 0.4) is 0 Å². The number of nitrogens with zero attached hydrogens (tertiary/aromatic N) is 2. The molecule has 1 N–H and O–H groups in total. The van der Waals surface area contributed by atoms with Gasteiger partial charge in [-0.3, -0.25) is 13.9 Å². The summed E-state index contributed by atoms with van der Waals surface area (Å²) in [4.78, 5) is 29.7. The molecule has 4 aromatic carbocycles. The minimum absolute atomic E-state index is 0.0122. The Balaban J connectivity index is 1.80. The summed E-state index contributed by atoms with van der Waals surface area (Å²) in [6.07, 6.45) is 1.84. The number of amides is 2. The number of sulfonamides is 1. The molecule has 0 heterocycles. The van der Waals surface area contributed by atoms with Gasteiger partial charge in [0.25, 0.3) is 10.0 Å². The van der Waals surface area contributed by atoms with E-state index in [1.807, 2.05) is 37.3 Å². The number of nitrogens with one attached hydrogen (secondary N) is 1. The lowest BCUT2D eigenvalue weighted by molar-refractivity contribution is -0.140. The summed E-state index contributed by atoms with van der Waals surface area (Å²) < 4.78 is 29.0. The second-order valence-corrected chi connectivity index (χ2v) is 13.6. The van der Waals surface area contributed by atoms with Crippen molar-refractivity contribution in [2.45, 2.75) is 43.7 Å². The summed E-state index contributed by atoms with van der Waals surface area (Å²) in [7, 11) is -4.21. The van der Waals surface area contributed by atoms with Crippen LogP contribution < -0.4 is 9.62 Å². The van der Waals surface area contributed by atoms with Crippen molar-refractivity contribution in [3.05, 3.63) is 129 Å². The fourth-order valence-electron chi connectivity index (χ4n) is 4.75. The Morgan fingerprint density at radius 2 is 1.44 bits per heavy atom. The lowest BCUT2D eigenvalue weighted by Gasteiger charge is -2.34. The zero-order valence-electron chi connectivity index (χ0n) is 24.7. The van der Waals surface area contributed by atoms with Crippen molar-refractivity contribution in [3.63, 3.8) is 0 Å². The van der Waals surface area contributed by atoms with E-state index in [2.05, 4.69) is 5.32 Å². The molecule has 236 valence electrons. The fourth-order valence-corrected chi connectivity index (χ4v) is 6.78. The molecule has 0 unspecified atom stereocenters. The average molecular weight is 687 g/mol. The van der Waals surface area contributed by atoms with Crippen LogP contribution in [-0.2, 0) is 32.6 Å². The van der Waals surface area contributed by atoms with E-state index in [0.717, 1.165) is 22.7 Å². The number of unbranched alkanes of at least 4 members (excludes halogenated alkanes) is 1. The first-order valence-electron chi connectivity index (χ1n) is 14.5. The van der Waals surface area contributed by atoms with Crippen molar-refractivity contribution >= 4 is 62.3 Å². The number of anilines is 1. The Labute approximate surface area is 279 Å². The molecule has 0 aliphatic heterocycles. The highest BCUT2D eigenvalue weighted by Gasteiger charge is 2.34. The average Bonchev–Trinajstić information content (AvgIpc) is 3.03. The Hall–Kier alpha value is -3.56. The standard InChI is InChI=1S/C34H34Cl3N3O4S/c1-2-3-20-38-34(42)32(21-25-10-6-4-7-11-25)39(23-26-14-15-28(36)22-31(26)37)33(41)24-40(29-18-16-27(35)17-19-29)45(43,44)30-12-8-5-9-13-30/h4-19,22,32H,2-3,20-21,23-24H2,1H3,(H,38,42)/t32-/m1/s1. The van der Waals surface area contributed by atoms with Gasteiger partial charge in [-0.05, 0) is 66.1 Å². The van der Waals surface area contributed by atoms with Gasteiger partial charge >= 0.3 is 0 Å². The van der Waals surface area contributed by atoms with Gasteiger partial charge in [-0.2, -0.15) is 0 Å². The van der Waals surface area contributed by atoms with E-state index in [1.54, 1.807) is 48.5 Å². The minimum atomic E-state index is -4.21. The lowest BCUT2D eigenvalue weighted by atomic mass is 10.0. The molecule has 0 radical (unpaired) electrons. The van der Waals surface area contributed by atoms with E-state index < -0.39 is 28.5 Å². The Morgan fingerprint density at radius 1 is 0.822 bits per heavy atom. The van der Waals surface area contributed by atoms with Gasteiger partial charge in [0.05, 0.1) is 10.6 Å². The molecule has 0 aromatic heterocycles. The highest BCUT2D eigenvalue weighted by atomic mass is 35.5. The molecular formula is C34H34Cl3N3O4S. The molecule has 0 aliphatic rings. The zero-order chi connectivity index (χ0) is 32.4. The van der Waals surface area contributed by atoms with Gasteiger partial charge in [0, 0.05) is 34.6 Å². The first-order chi connectivity index (χ1) is 21.6. The molecule has 4 aromatic rings. The molecule has 1 atom stereocenters. The van der Waals surface area contributed by atoms with E-state index in [-0.39, 0.29) is 29.5 Å². The maximum atomic E-state index is 14.5. The normalized spacial score (nSPS) is 11.9. The minimum Gasteiger partial charge on any atom is -0.354 e. The van der Waals surface area contributed by atoms with Crippen LogP contribution in [0.2, 0.25) is 15.1 Å². The highest BCUT2D eigenvalue weighted by Crippen LogP contribution is 2.28. The molecule has 2 amide bonds. The summed E-state index contributed by atoms with van der Waals surface area (Å²) >= 11 is 18.8. The molecule has 0 bridgehead atoms. The third-order valence-corrected chi connectivity index (χ3v) is 9.81. The van der Waals surface area contributed by atoms with E-state index in [9.17, 15) is 18.0 Å². The molecule has 11 heteroatoms. The van der Waals surface area contributed by atoms with Gasteiger partial charge in [0.1, 0.15) is 12.6 Å². The smallest absolute Gasteiger partial charge is 0.264 e. The van der Waals surface area contributed by atoms with Crippen molar-refractivity contribution in [2.75, 3.05) is 17.4 Å². The number of rotatable bonds is 14. The van der Waals surface area contributed by atoms with Gasteiger partial charge in [-0.25, -0.2) is 8.42 Å². The molecular weight excluding hydrogens is 653 g/mol. The second-order valence-electron chi connectivity index (χ2n) is 10.4. The Morgan fingerprint density at radius 3 is 2.07 bits per heavy atom. The fraction of sp³-hybridized carbons (Fsp3) is 0.235.